The van der Waals surface area contributed by atoms with E-state index in [0.29, 0.717) is 5.92 Å². The third kappa shape index (κ3) is 4.76. The molecule has 6 nitrogen and oxygen atoms in total. The van der Waals surface area contributed by atoms with Crippen molar-refractivity contribution in [2.24, 2.45) is 5.92 Å². The Kier molecular flexibility index (Phi) is 6.72. The van der Waals surface area contributed by atoms with Crippen molar-refractivity contribution in [2.45, 2.75) is 26.3 Å². The molecule has 1 saturated heterocycles. The molecule has 4 rings (SSSR count). The molecule has 2 amide bonds. The molecule has 0 radical (unpaired) electrons. The molecule has 2 aliphatic rings. The molecule has 0 saturated carbocycles. The minimum Gasteiger partial charge on any atom is -0.387 e. The Hall–Kier alpha value is -2.96. The van der Waals surface area contributed by atoms with E-state index in [-0.39, 0.29) is 17.9 Å². The summed E-state index contributed by atoms with van der Waals surface area (Å²) in [6.07, 6.45) is 2.81. The van der Waals surface area contributed by atoms with Gasteiger partial charge in [-0.15, -0.1) is 0 Å². The van der Waals surface area contributed by atoms with E-state index in [9.17, 15) is 9.59 Å². The van der Waals surface area contributed by atoms with Gasteiger partial charge in [-0.2, -0.15) is 0 Å². The maximum atomic E-state index is 13.1. The van der Waals surface area contributed by atoms with E-state index in [0.717, 1.165) is 54.9 Å². The second-order valence-corrected chi connectivity index (χ2v) is 8.84. The van der Waals surface area contributed by atoms with Gasteiger partial charge in [-0.05, 0) is 42.5 Å². The average molecular weight is 434 g/mol. The Bertz CT molecular complexity index is 998. The maximum Gasteiger partial charge on any atom is 0.258 e. The highest BCUT2D eigenvalue weighted by atomic mass is 16.3. The Morgan fingerprint density at radius 2 is 1.78 bits per heavy atom. The van der Waals surface area contributed by atoms with Crippen LogP contribution in [0, 0.1) is 19.8 Å². The summed E-state index contributed by atoms with van der Waals surface area (Å²) >= 11 is 0. The molecule has 0 aliphatic carbocycles. The second kappa shape index (κ2) is 9.67. The number of aryl methyl sites for hydroxylation is 2. The third-order valence-corrected chi connectivity index (χ3v) is 6.52. The first-order valence-electron chi connectivity index (χ1n) is 11.2. The SMILES string of the molecule is Cc1cccc(C)c1C(=O)N1C=C2CN(CC[C@H](NC(=O)CO)c3ccccc3)CC2C1. The van der Waals surface area contributed by atoms with Gasteiger partial charge in [0.1, 0.15) is 6.61 Å². The van der Waals surface area contributed by atoms with Crippen molar-refractivity contribution in [3.63, 3.8) is 0 Å². The highest BCUT2D eigenvalue weighted by molar-refractivity contribution is 5.98. The fourth-order valence-electron chi connectivity index (χ4n) is 4.86. The van der Waals surface area contributed by atoms with E-state index < -0.39 is 6.61 Å². The van der Waals surface area contributed by atoms with Gasteiger partial charge in [-0.1, -0.05) is 48.5 Å². The van der Waals surface area contributed by atoms with Crippen LogP contribution in [0.25, 0.3) is 0 Å². The van der Waals surface area contributed by atoms with Crippen molar-refractivity contribution >= 4 is 11.8 Å². The van der Waals surface area contributed by atoms with E-state index >= 15 is 0 Å². The summed E-state index contributed by atoms with van der Waals surface area (Å²) in [5.74, 6) is 0.0934. The van der Waals surface area contributed by atoms with E-state index in [1.807, 2.05) is 73.5 Å². The Morgan fingerprint density at radius 3 is 2.44 bits per heavy atom. The zero-order valence-electron chi connectivity index (χ0n) is 18.8. The Morgan fingerprint density at radius 1 is 1.06 bits per heavy atom. The number of likely N-dealkylation sites (tertiary alicyclic amines) is 1. The van der Waals surface area contributed by atoms with Gasteiger partial charge in [0.25, 0.3) is 5.91 Å². The van der Waals surface area contributed by atoms with Crippen molar-refractivity contribution in [3.8, 4) is 0 Å². The van der Waals surface area contributed by atoms with Gasteiger partial charge < -0.3 is 15.3 Å². The molecule has 2 aromatic rings. The summed E-state index contributed by atoms with van der Waals surface area (Å²) < 4.78 is 0. The lowest BCUT2D eigenvalue weighted by molar-refractivity contribution is -0.124. The van der Waals surface area contributed by atoms with E-state index in [4.69, 9.17) is 5.11 Å². The lowest BCUT2D eigenvalue weighted by Gasteiger charge is -2.24. The molecule has 2 atom stereocenters. The minimum absolute atomic E-state index is 0.0879. The van der Waals surface area contributed by atoms with Gasteiger partial charge in [0, 0.05) is 43.9 Å². The molecule has 0 spiro atoms. The monoisotopic (exact) mass is 433 g/mol. The molecule has 168 valence electrons. The van der Waals surface area contributed by atoms with Crippen LogP contribution in [-0.2, 0) is 4.79 Å². The molecule has 2 heterocycles. The van der Waals surface area contributed by atoms with Crippen LogP contribution in [0.5, 0.6) is 0 Å². The zero-order valence-corrected chi connectivity index (χ0v) is 18.8. The summed E-state index contributed by atoms with van der Waals surface area (Å²) in [7, 11) is 0. The first-order valence-corrected chi connectivity index (χ1v) is 11.2. The van der Waals surface area contributed by atoms with Crippen LogP contribution in [0.2, 0.25) is 0 Å². The number of benzene rings is 2. The molecule has 32 heavy (non-hydrogen) atoms. The van der Waals surface area contributed by atoms with Gasteiger partial charge >= 0.3 is 0 Å². The van der Waals surface area contributed by atoms with Crippen LogP contribution >= 0.6 is 0 Å². The van der Waals surface area contributed by atoms with Gasteiger partial charge in [0.2, 0.25) is 5.91 Å². The number of hydrogen-bond acceptors (Lipinski definition) is 4. The molecule has 1 unspecified atom stereocenters. The third-order valence-electron chi connectivity index (χ3n) is 6.52. The summed E-state index contributed by atoms with van der Waals surface area (Å²) in [5.41, 5.74) is 5.19. The molecule has 2 N–H and O–H groups in total. The van der Waals surface area contributed by atoms with E-state index in [1.165, 1.54) is 5.57 Å². The first kappa shape index (κ1) is 22.2. The van der Waals surface area contributed by atoms with Gasteiger partial charge in [0.15, 0.2) is 0 Å². The first-order chi connectivity index (χ1) is 15.5. The van der Waals surface area contributed by atoms with E-state index in [2.05, 4.69) is 10.2 Å². The van der Waals surface area contributed by atoms with Gasteiger partial charge in [-0.25, -0.2) is 0 Å². The highest BCUT2D eigenvalue weighted by Gasteiger charge is 2.36. The van der Waals surface area contributed by atoms with Crippen LogP contribution in [0.3, 0.4) is 0 Å². The summed E-state index contributed by atoms with van der Waals surface area (Å²) in [5, 5.41) is 12.1. The molecule has 0 aromatic heterocycles. The average Bonchev–Trinajstić information content (AvgIpc) is 3.36. The Labute approximate surface area is 189 Å². The predicted molar refractivity (Wildman–Crippen MR) is 124 cm³/mol. The zero-order chi connectivity index (χ0) is 22.7. The van der Waals surface area contributed by atoms with E-state index in [1.54, 1.807) is 0 Å². The van der Waals surface area contributed by atoms with Crippen molar-refractivity contribution in [1.82, 2.24) is 15.1 Å². The van der Waals surface area contributed by atoms with Gasteiger partial charge in [0.05, 0.1) is 6.04 Å². The number of hydrogen-bond donors (Lipinski definition) is 2. The molecule has 2 aromatic carbocycles. The molecule has 6 heteroatoms. The number of aliphatic hydroxyl groups is 1. The quantitative estimate of drug-likeness (QED) is 0.704. The van der Waals surface area contributed by atoms with Crippen LogP contribution in [0.15, 0.2) is 60.3 Å². The van der Waals surface area contributed by atoms with Crippen LogP contribution < -0.4 is 5.32 Å². The number of nitrogens with zero attached hydrogens (tertiary/aromatic N) is 2. The number of nitrogens with one attached hydrogen (secondary N) is 1. The van der Waals surface area contributed by atoms with Crippen molar-refractivity contribution < 1.29 is 14.7 Å². The fourth-order valence-corrected chi connectivity index (χ4v) is 4.86. The number of rotatable bonds is 7. The predicted octanol–water partition coefficient (Wildman–Crippen LogP) is 2.81. The molecular weight excluding hydrogens is 402 g/mol. The van der Waals surface area contributed by atoms with Gasteiger partial charge in [-0.3, -0.25) is 14.5 Å². The second-order valence-electron chi connectivity index (χ2n) is 8.84. The fraction of sp³-hybridized carbons (Fsp3) is 0.385. The van der Waals surface area contributed by atoms with Crippen LogP contribution in [0.4, 0.5) is 0 Å². The van der Waals surface area contributed by atoms with Crippen molar-refractivity contribution in [1.29, 1.82) is 0 Å². The maximum absolute atomic E-state index is 13.1. The van der Waals surface area contributed by atoms with Crippen molar-refractivity contribution in [3.05, 3.63) is 82.6 Å². The summed E-state index contributed by atoms with van der Waals surface area (Å²) in [6.45, 7) is 6.79. The van der Waals surface area contributed by atoms with Crippen LogP contribution in [0.1, 0.15) is 39.5 Å². The summed E-state index contributed by atoms with van der Waals surface area (Å²) in [4.78, 5) is 29.2. The summed E-state index contributed by atoms with van der Waals surface area (Å²) in [6, 6.07) is 15.7. The smallest absolute Gasteiger partial charge is 0.258 e. The molecule has 0 bridgehead atoms. The lowest BCUT2D eigenvalue weighted by Crippen LogP contribution is -2.34. The normalized spacial score (nSPS) is 18.9. The number of aliphatic hydroxyl groups excluding tert-OH is 1. The standard InChI is InChI=1S/C26H31N3O3/c1-18-7-6-8-19(2)25(18)26(32)29-15-21-13-28(14-22(21)16-29)12-11-23(27-24(31)17-30)20-9-4-3-5-10-20/h3-10,15,22-23,30H,11-14,16-17H2,1-2H3,(H,27,31)/t22?,23-/m0/s1. The number of carbonyl (C=O) groups is 2. The molecule has 1 fully saturated rings. The highest BCUT2D eigenvalue weighted by Crippen LogP contribution is 2.32. The minimum atomic E-state index is -0.508. The number of fused-ring (bicyclic) bond motifs is 1. The largest absolute Gasteiger partial charge is 0.387 e. The Balaban J connectivity index is 1.38. The van der Waals surface area contributed by atoms with Crippen LogP contribution in [-0.4, -0.2) is 59.5 Å². The molecular formula is C26H31N3O3. The number of carbonyl (C=O) groups excluding carboxylic acids is 2. The molecule has 2 aliphatic heterocycles. The van der Waals surface area contributed by atoms with Crippen molar-refractivity contribution in [2.75, 3.05) is 32.8 Å². The lowest BCUT2D eigenvalue weighted by atomic mass is 10.0. The topological polar surface area (TPSA) is 72.9 Å². The number of amides is 2.